The van der Waals surface area contributed by atoms with Crippen LogP contribution in [-0.4, -0.2) is 46.5 Å². The van der Waals surface area contributed by atoms with E-state index in [0.29, 0.717) is 17.7 Å². The number of carbonyl (C=O) groups excluding carboxylic acids is 2. The highest BCUT2D eigenvalue weighted by molar-refractivity contribution is 6.21. The van der Waals surface area contributed by atoms with E-state index >= 15 is 0 Å². The molecule has 6 heteroatoms. The van der Waals surface area contributed by atoms with Crippen molar-refractivity contribution in [2.45, 2.75) is 31.0 Å². The van der Waals surface area contributed by atoms with Gasteiger partial charge >= 0.3 is 0 Å². The molecule has 1 aromatic rings. The minimum Gasteiger partial charge on any atom is -0.376 e. The maximum atomic E-state index is 12.4. The predicted molar refractivity (Wildman–Crippen MR) is 69.0 cm³/mol. The van der Waals surface area contributed by atoms with Gasteiger partial charge in [0.05, 0.1) is 23.3 Å². The van der Waals surface area contributed by atoms with Gasteiger partial charge in [-0.1, -0.05) is 0 Å². The number of pyridine rings is 1. The van der Waals surface area contributed by atoms with E-state index in [2.05, 4.69) is 4.98 Å². The number of aromatic nitrogens is 1. The van der Waals surface area contributed by atoms with Crippen molar-refractivity contribution in [1.82, 2.24) is 9.88 Å². The maximum absolute atomic E-state index is 12.4. The number of rotatable bonds is 1. The van der Waals surface area contributed by atoms with Crippen LogP contribution in [0.2, 0.25) is 0 Å². The minimum absolute atomic E-state index is 0.103. The quantitative estimate of drug-likeness (QED) is 0.738. The van der Waals surface area contributed by atoms with E-state index in [9.17, 15) is 9.59 Å². The van der Waals surface area contributed by atoms with Crippen LogP contribution < -0.4 is 5.73 Å². The summed E-state index contributed by atoms with van der Waals surface area (Å²) in [4.78, 5) is 30.0. The van der Waals surface area contributed by atoms with Crippen LogP contribution in [0.25, 0.3) is 0 Å². The molecule has 4 rings (SSSR count). The second-order valence-corrected chi connectivity index (χ2v) is 5.61. The molecular weight excluding hydrogens is 258 g/mol. The Morgan fingerprint density at radius 3 is 2.90 bits per heavy atom. The average molecular weight is 273 g/mol. The summed E-state index contributed by atoms with van der Waals surface area (Å²) >= 11 is 0. The van der Waals surface area contributed by atoms with Crippen LogP contribution in [0.15, 0.2) is 18.5 Å². The van der Waals surface area contributed by atoms with Crippen molar-refractivity contribution in [2.75, 3.05) is 6.61 Å². The number of hydrogen-bond donors (Lipinski definition) is 1. The van der Waals surface area contributed by atoms with Crippen molar-refractivity contribution in [2.24, 2.45) is 11.7 Å². The van der Waals surface area contributed by atoms with Gasteiger partial charge in [-0.05, 0) is 18.9 Å². The number of nitrogens with zero attached hydrogens (tertiary/aromatic N) is 2. The molecule has 2 N–H and O–H groups in total. The highest BCUT2D eigenvalue weighted by atomic mass is 16.5. The number of carbonyl (C=O) groups is 2. The standard InChI is InChI=1S/C14H15N3O3/c15-10-8-2-1-5-20-12(8)11(10)17-13(18)7-3-4-16-6-9(7)14(17)19/h3-4,6,8,10-12H,1-2,5,15H2. The lowest BCUT2D eigenvalue weighted by molar-refractivity contribution is -0.138. The molecule has 1 saturated heterocycles. The van der Waals surface area contributed by atoms with Crippen LogP contribution in [-0.2, 0) is 4.74 Å². The highest BCUT2D eigenvalue weighted by Crippen LogP contribution is 2.42. The monoisotopic (exact) mass is 273 g/mol. The second kappa shape index (κ2) is 4.10. The summed E-state index contributed by atoms with van der Waals surface area (Å²) in [6.07, 6.45) is 4.86. The fraction of sp³-hybridized carbons (Fsp3) is 0.500. The Morgan fingerprint density at radius 1 is 1.30 bits per heavy atom. The first-order valence-corrected chi connectivity index (χ1v) is 6.89. The normalized spacial score (nSPS) is 35.5. The van der Waals surface area contributed by atoms with Crippen LogP contribution in [0.1, 0.15) is 33.6 Å². The molecule has 1 aromatic heterocycles. The maximum Gasteiger partial charge on any atom is 0.263 e. The summed E-state index contributed by atoms with van der Waals surface area (Å²) in [5.41, 5.74) is 6.95. The van der Waals surface area contributed by atoms with E-state index in [-0.39, 0.29) is 35.9 Å². The summed E-state index contributed by atoms with van der Waals surface area (Å²) in [7, 11) is 0. The lowest BCUT2D eigenvalue weighted by Crippen LogP contribution is -2.72. The van der Waals surface area contributed by atoms with E-state index in [1.54, 1.807) is 6.07 Å². The molecule has 6 nitrogen and oxygen atoms in total. The summed E-state index contributed by atoms with van der Waals surface area (Å²) in [5, 5.41) is 0. The fourth-order valence-electron chi connectivity index (χ4n) is 3.61. The molecule has 2 amide bonds. The molecule has 1 aliphatic carbocycles. The summed E-state index contributed by atoms with van der Waals surface area (Å²) < 4.78 is 5.73. The Balaban J connectivity index is 1.68. The van der Waals surface area contributed by atoms with E-state index in [1.165, 1.54) is 17.3 Å². The summed E-state index contributed by atoms with van der Waals surface area (Å²) in [6.45, 7) is 0.676. The first-order valence-electron chi connectivity index (χ1n) is 6.89. The Kier molecular flexibility index (Phi) is 2.46. The minimum atomic E-state index is -0.340. The SMILES string of the molecule is NC1C2CCCOC2C1N1C(=O)c2ccncc2C1=O. The number of amides is 2. The van der Waals surface area contributed by atoms with Crippen LogP contribution >= 0.6 is 0 Å². The smallest absolute Gasteiger partial charge is 0.263 e. The van der Waals surface area contributed by atoms with E-state index < -0.39 is 0 Å². The second-order valence-electron chi connectivity index (χ2n) is 5.61. The summed E-state index contributed by atoms with van der Waals surface area (Å²) in [6, 6.07) is 1.06. The highest BCUT2D eigenvalue weighted by Gasteiger charge is 2.57. The van der Waals surface area contributed by atoms with Gasteiger partial charge in [0.1, 0.15) is 0 Å². The van der Waals surface area contributed by atoms with Crippen molar-refractivity contribution >= 4 is 11.8 Å². The largest absolute Gasteiger partial charge is 0.376 e. The molecule has 2 aliphatic heterocycles. The topological polar surface area (TPSA) is 85.5 Å². The predicted octanol–water partition coefficient (Wildman–Crippen LogP) is 0.182. The number of hydrogen-bond acceptors (Lipinski definition) is 5. The number of fused-ring (bicyclic) bond motifs is 2. The van der Waals surface area contributed by atoms with Gasteiger partial charge in [0.15, 0.2) is 0 Å². The first-order chi connectivity index (χ1) is 9.70. The zero-order chi connectivity index (χ0) is 13.9. The zero-order valence-electron chi connectivity index (χ0n) is 10.9. The van der Waals surface area contributed by atoms with Gasteiger partial charge in [0.25, 0.3) is 11.8 Å². The number of imide groups is 1. The molecule has 0 aromatic carbocycles. The Hall–Kier alpha value is -1.79. The van der Waals surface area contributed by atoms with Crippen molar-refractivity contribution in [3.63, 3.8) is 0 Å². The Labute approximate surface area is 115 Å². The third-order valence-electron chi connectivity index (χ3n) is 4.66. The van der Waals surface area contributed by atoms with E-state index in [4.69, 9.17) is 10.5 Å². The molecule has 0 spiro atoms. The molecule has 2 fully saturated rings. The third kappa shape index (κ3) is 1.38. The molecule has 104 valence electrons. The van der Waals surface area contributed by atoms with Crippen molar-refractivity contribution in [1.29, 1.82) is 0 Å². The molecular formula is C14H15N3O3. The number of nitrogens with two attached hydrogens (primary N) is 1. The van der Waals surface area contributed by atoms with Crippen LogP contribution in [0.4, 0.5) is 0 Å². The van der Waals surface area contributed by atoms with Gasteiger partial charge in [-0.25, -0.2) is 0 Å². The molecule has 0 bridgehead atoms. The van der Waals surface area contributed by atoms with Gasteiger partial charge < -0.3 is 10.5 Å². The average Bonchev–Trinajstić information content (AvgIpc) is 2.73. The molecule has 3 heterocycles. The van der Waals surface area contributed by atoms with Gasteiger partial charge in [-0.3, -0.25) is 19.5 Å². The lowest BCUT2D eigenvalue weighted by atomic mass is 9.68. The van der Waals surface area contributed by atoms with Gasteiger partial charge in [0.2, 0.25) is 0 Å². The zero-order valence-corrected chi connectivity index (χ0v) is 10.9. The molecule has 1 saturated carbocycles. The van der Waals surface area contributed by atoms with Gasteiger partial charge in [-0.15, -0.1) is 0 Å². The van der Waals surface area contributed by atoms with Crippen molar-refractivity contribution in [3.05, 3.63) is 29.6 Å². The molecule has 3 aliphatic rings. The summed E-state index contributed by atoms with van der Waals surface area (Å²) in [5.74, 6) is -0.317. The number of ether oxygens (including phenoxy) is 1. The van der Waals surface area contributed by atoms with Crippen LogP contribution in [0, 0.1) is 5.92 Å². The Bertz CT molecular complexity index is 568. The third-order valence-corrected chi connectivity index (χ3v) is 4.66. The molecule has 20 heavy (non-hydrogen) atoms. The van der Waals surface area contributed by atoms with Gasteiger partial charge in [-0.2, -0.15) is 0 Å². The van der Waals surface area contributed by atoms with Crippen molar-refractivity contribution < 1.29 is 14.3 Å². The van der Waals surface area contributed by atoms with E-state index in [0.717, 1.165) is 12.8 Å². The first kappa shape index (κ1) is 12.0. The molecule has 0 radical (unpaired) electrons. The van der Waals surface area contributed by atoms with E-state index in [1.807, 2.05) is 0 Å². The van der Waals surface area contributed by atoms with Crippen LogP contribution in [0.3, 0.4) is 0 Å². The molecule has 4 unspecified atom stereocenters. The van der Waals surface area contributed by atoms with Crippen molar-refractivity contribution in [3.8, 4) is 0 Å². The fourth-order valence-corrected chi connectivity index (χ4v) is 3.61. The Morgan fingerprint density at radius 2 is 2.10 bits per heavy atom. The van der Waals surface area contributed by atoms with Crippen LogP contribution in [0.5, 0.6) is 0 Å². The molecule has 4 atom stereocenters. The lowest BCUT2D eigenvalue weighted by Gasteiger charge is -2.54. The van der Waals surface area contributed by atoms with Gasteiger partial charge in [0, 0.05) is 31.0 Å².